The van der Waals surface area contributed by atoms with Crippen LogP contribution in [-0.2, 0) is 9.53 Å². The minimum atomic E-state index is -1.14. The highest BCUT2D eigenvalue weighted by molar-refractivity contribution is 5.79. The van der Waals surface area contributed by atoms with Gasteiger partial charge in [0.1, 0.15) is 6.61 Å². The van der Waals surface area contributed by atoms with Crippen LogP contribution in [0, 0.1) is 5.92 Å². The molecule has 1 fully saturated rings. The molecule has 0 radical (unpaired) electrons. The molecule has 2 aliphatic carbocycles. The molecule has 1 N–H and O–H groups in total. The van der Waals surface area contributed by atoms with E-state index >= 15 is 0 Å². The molecule has 0 aromatic heterocycles. The van der Waals surface area contributed by atoms with E-state index in [1.807, 2.05) is 24.3 Å². The van der Waals surface area contributed by atoms with E-state index in [1.54, 1.807) is 0 Å². The van der Waals surface area contributed by atoms with Crippen molar-refractivity contribution in [2.24, 2.45) is 5.92 Å². The lowest BCUT2D eigenvalue weighted by molar-refractivity contribution is -0.306. The summed E-state index contributed by atoms with van der Waals surface area (Å²) in [5.74, 6) is -0.982. The van der Waals surface area contributed by atoms with Gasteiger partial charge in [-0.25, -0.2) is 4.79 Å². The second-order valence-corrected chi connectivity index (χ2v) is 8.05. The highest BCUT2D eigenvalue weighted by atomic mass is 16.5. The SMILES string of the molecule is O=C([O-])C[C@H](NC(=O)OCC1c2ccccc2-c2ccccc21)C1CCCCC1. The Labute approximate surface area is 171 Å². The zero-order valence-corrected chi connectivity index (χ0v) is 16.4. The normalized spacial score (nSPS) is 17.2. The fourth-order valence-electron chi connectivity index (χ4n) is 4.84. The van der Waals surface area contributed by atoms with Crippen LogP contribution in [0.4, 0.5) is 4.79 Å². The maximum absolute atomic E-state index is 12.5. The topological polar surface area (TPSA) is 78.5 Å². The standard InChI is InChI=1S/C24H27NO4/c26-23(27)14-22(16-8-2-1-3-9-16)25-24(28)29-15-21-19-12-6-4-10-17(19)18-11-5-7-13-20(18)21/h4-7,10-13,16,21-22H,1-3,8-9,14-15H2,(H,25,28)(H,26,27)/p-1/t22-/m0/s1. The smallest absolute Gasteiger partial charge is 0.407 e. The molecule has 0 saturated heterocycles. The third-order valence-corrected chi connectivity index (χ3v) is 6.25. The van der Waals surface area contributed by atoms with Gasteiger partial charge in [-0.1, -0.05) is 67.8 Å². The molecule has 0 unspecified atom stereocenters. The Morgan fingerprint density at radius 1 is 0.966 bits per heavy atom. The summed E-state index contributed by atoms with van der Waals surface area (Å²) < 4.78 is 5.58. The number of carbonyl (C=O) groups is 2. The first-order chi connectivity index (χ1) is 14.1. The van der Waals surface area contributed by atoms with E-state index in [-0.39, 0.29) is 24.9 Å². The van der Waals surface area contributed by atoms with Gasteiger partial charge in [0.2, 0.25) is 0 Å². The van der Waals surface area contributed by atoms with Gasteiger partial charge in [-0.15, -0.1) is 0 Å². The van der Waals surface area contributed by atoms with Crippen LogP contribution in [-0.4, -0.2) is 24.7 Å². The number of aliphatic carboxylic acids is 1. The minimum absolute atomic E-state index is 0.0116. The number of benzene rings is 2. The van der Waals surface area contributed by atoms with Gasteiger partial charge in [0.15, 0.2) is 0 Å². The average molecular weight is 392 g/mol. The highest BCUT2D eigenvalue weighted by Gasteiger charge is 2.30. The van der Waals surface area contributed by atoms with Crippen molar-refractivity contribution < 1.29 is 19.4 Å². The fraction of sp³-hybridized carbons (Fsp3) is 0.417. The van der Waals surface area contributed by atoms with Crippen LogP contribution in [0.5, 0.6) is 0 Å². The number of alkyl carbamates (subject to hydrolysis) is 1. The molecule has 2 aliphatic rings. The van der Waals surface area contributed by atoms with Gasteiger partial charge < -0.3 is 20.0 Å². The molecule has 152 valence electrons. The highest BCUT2D eigenvalue weighted by Crippen LogP contribution is 2.44. The predicted molar refractivity (Wildman–Crippen MR) is 108 cm³/mol. The lowest BCUT2D eigenvalue weighted by Gasteiger charge is -2.31. The first-order valence-corrected chi connectivity index (χ1v) is 10.4. The zero-order valence-electron chi connectivity index (χ0n) is 16.4. The number of carboxylic acid groups (broad SMARTS) is 1. The van der Waals surface area contributed by atoms with Crippen LogP contribution < -0.4 is 10.4 Å². The summed E-state index contributed by atoms with van der Waals surface area (Å²) >= 11 is 0. The summed E-state index contributed by atoms with van der Waals surface area (Å²) in [6.45, 7) is 0.225. The fourth-order valence-corrected chi connectivity index (χ4v) is 4.84. The molecule has 2 aromatic rings. The minimum Gasteiger partial charge on any atom is -0.550 e. The summed E-state index contributed by atoms with van der Waals surface area (Å²) in [6.07, 6.45) is 4.45. The number of fused-ring (bicyclic) bond motifs is 3. The van der Waals surface area contributed by atoms with Crippen molar-refractivity contribution in [1.82, 2.24) is 5.32 Å². The largest absolute Gasteiger partial charge is 0.550 e. The van der Waals surface area contributed by atoms with Crippen LogP contribution in [0.15, 0.2) is 48.5 Å². The molecule has 0 spiro atoms. The van der Waals surface area contributed by atoms with Crippen LogP contribution in [0.1, 0.15) is 55.6 Å². The molecular formula is C24H26NO4-. The number of rotatable bonds is 6. The molecule has 1 atom stereocenters. The molecule has 5 nitrogen and oxygen atoms in total. The first-order valence-electron chi connectivity index (χ1n) is 10.4. The van der Waals surface area contributed by atoms with Gasteiger partial charge >= 0.3 is 6.09 Å². The van der Waals surface area contributed by atoms with Crippen molar-refractivity contribution in [3.05, 3.63) is 59.7 Å². The summed E-state index contributed by atoms with van der Waals surface area (Å²) in [6, 6.07) is 15.9. The van der Waals surface area contributed by atoms with Crippen LogP contribution in [0.25, 0.3) is 11.1 Å². The predicted octanol–water partition coefficient (Wildman–Crippen LogP) is 3.61. The van der Waals surface area contributed by atoms with Gasteiger partial charge in [-0.3, -0.25) is 0 Å². The Morgan fingerprint density at radius 3 is 2.14 bits per heavy atom. The van der Waals surface area contributed by atoms with Crippen LogP contribution in [0.3, 0.4) is 0 Å². The van der Waals surface area contributed by atoms with Gasteiger partial charge in [-0.2, -0.15) is 0 Å². The molecule has 1 saturated carbocycles. The molecule has 2 aromatic carbocycles. The Kier molecular flexibility index (Phi) is 5.84. The van der Waals surface area contributed by atoms with Crippen LogP contribution in [0.2, 0.25) is 0 Å². The van der Waals surface area contributed by atoms with Crippen LogP contribution >= 0.6 is 0 Å². The summed E-state index contributed by atoms with van der Waals surface area (Å²) in [5, 5.41) is 14.0. The van der Waals surface area contributed by atoms with Gasteiger partial charge in [0.25, 0.3) is 0 Å². The number of carboxylic acids is 1. The number of nitrogens with one attached hydrogen (secondary N) is 1. The quantitative estimate of drug-likeness (QED) is 0.814. The summed E-state index contributed by atoms with van der Waals surface area (Å²) in [7, 11) is 0. The van der Waals surface area contributed by atoms with Crippen molar-refractivity contribution in [2.45, 2.75) is 50.5 Å². The molecule has 29 heavy (non-hydrogen) atoms. The maximum Gasteiger partial charge on any atom is 0.407 e. The van der Waals surface area contributed by atoms with Gasteiger partial charge in [0, 0.05) is 24.3 Å². The Balaban J connectivity index is 1.43. The molecule has 1 amide bonds. The molecule has 0 bridgehead atoms. The molecule has 0 heterocycles. The Morgan fingerprint density at radius 2 is 1.55 bits per heavy atom. The lowest BCUT2D eigenvalue weighted by Crippen LogP contribution is -2.45. The van der Waals surface area contributed by atoms with Gasteiger partial charge in [-0.05, 0) is 41.0 Å². The number of amides is 1. The van der Waals surface area contributed by atoms with E-state index in [1.165, 1.54) is 17.5 Å². The second kappa shape index (κ2) is 8.68. The Bertz CT molecular complexity index is 842. The molecular weight excluding hydrogens is 366 g/mol. The molecule has 4 rings (SSSR count). The van der Waals surface area contributed by atoms with Crippen molar-refractivity contribution >= 4 is 12.1 Å². The van der Waals surface area contributed by atoms with E-state index in [4.69, 9.17) is 4.74 Å². The summed E-state index contributed by atoms with van der Waals surface area (Å²) in [4.78, 5) is 23.7. The first kappa shape index (κ1) is 19.5. The lowest BCUT2D eigenvalue weighted by atomic mass is 9.83. The van der Waals surface area contributed by atoms with E-state index in [9.17, 15) is 14.7 Å². The van der Waals surface area contributed by atoms with Gasteiger partial charge in [0.05, 0.1) is 0 Å². The van der Waals surface area contributed by atoms with Crippen molar-refractivity contribution in [3.8, 4) is 11.1 Å². The third kappa shape index (κ3) is 4.29. The number of ether oxygens (including phenoxy) is 1. The number of hydrogen-bond donors (Lipinski definition) is 1. The Hall–Kier alpha value is -2.82. The van der Waals surface area contributed by atoms with E-state index in [0.29, 0.717) is 0 Å². The summed E-state index contributed by atoms with van der Waals surface area (Å²) in [5.41, 5.74) is 4.66. The van der Waals surface area contributed by atoms with Crippen molar-refractivity contribution in [1.29, 1.82) is 0 Å². The van der Waals surface area contributed by atoms with E-state index in [2.05, 4.69) is 29.6 Å². The second-order valence-electron chi connectivity index (χ2n) is 8.05. The van der Waals surface area contributed by atoms with E-state index < -0.39 is 18.1 Å². The van der Waals surface area contributed by atoms with E-state index in [0.717, 1.165) is 36.8 Å². The molecule has 5 heteroatoms. The number of carbonyl (C=O) groups excluding carboxylic acids is 2. The van der Waals surface area contributed by atoms with Crippen molar-refractivity contribution in [3.63, 3.8) is 0 Å². The third-order valence-electron chi connectivity index (χ3n) is 6.25. The zero-order chi connectivity index (χ0) is 20.2. The maximum atomic E-state index is 12.5. The molecule has 0 aliphatic heterocycles. The van der Waals surface area contributed by atoms with Crippen molar-refractivity contribution in [2.75, 3.05) is 6.61 Å². The average Bonchev–Trinajstić information content (AvgIpc) is 3.06. The monoisotopic (exact) mass is 392 g/mol. The number of hydrogen-bond acceptors (Lipinski definition) is 4.